The predicted octanol–water partition coefficient (Wildman–Crippen LogP) is 4.83. The zero-order valence-electron chi connectivity index (χ0n) is 17.1. The van der Waals surface area contributed by atoms with Crippen LogP contribution in [0.25, 0.3) is 16.7 Å². The van der Waals surface area contributed by atoms with Gasteiger partial charge in [0, 0.05) is 42.1 Å². The quantitative estimate of drug-likeness (QED) is 0.476. The number of imidazole rings is 1. The number of alkyl halides is 2. The van der Waals surface area contributed by atoms with Gasteiger partial charge in [-0.3, -0.25) is 4.79 Å². The first kappa shape index (κ1) is 19.8. The molecule has 166 valence electrons. The fraction of sp³-hybridized carbons (Fsp3) is 0.455. The van der Waals surface area contributed by atoms with Crippen LogP contribution in [0, 0.1) is 0 Å². The topological polar surface area (TPSA) is 80.9 Å². The minimum absolute atomic E-state index is 0.0338. The van der Waals surface area contributed by atoms with Crippen LogP contribution in [0.4, 0.5) is 8.78 Å². The van der Waals surface area contributed by atoms with E-state index in [9.17, 15) is 13.6 Å². The second-order valence-corrected chi connectivity index (χ2v) is 9.37. The monoisotopic (exact) mass is 458 g/mol. The van der Waals surface area contributed by atoms with Gasteiger partial charge in [-0.05, 0) is 37.8 Å². The molecule has 0 spiro atoms. The van der Waals surface area contributed by atoms with Crippen molar-refractivity contribution < 1.29 is 8.78 Å². The lowest BCUT2D eigenvalue weighted by atomic mass is 9.71. The van der Waals surface area contributed by atoms with Crippen LogP contribution >= 0.6 is 11.6 Å². The molecule has 0 aromatic carbocycles. The number of fused-ring (bicyclic) bond motifs is 2. The Labute approximate surface area is 186 Å². The number of hydrogen-bond donors (Lipinski definition) is 1. The van der Waals surface area contributed by atoms with Crippen LogP contribution in [0.3, 0.4) is 0 Å². The Hall–Kier alpha value is -2.81. The molecular weight excluding hydrogens is 438 g/mol. The Kier molecular flexibility index (Phi) is 4.40. The highest BCUT2D eigenvalue weighted by Crippen LogP contribution is 2.47. The summed E-state index contributed by atoms with van der Waals surface area (Å²) >= 11 is 6.08. The molecule has 0 bridgehead atoms. The maximum absolute atomic E-state index is 13.6. The van der Waals surface area contributed by atoms with Gasteiger partial charge in [-0.15, -0.1) is 0 Å². The summed E-state index contributed by atoms with van der Waals surface area (Å²) in [4.78, 5) is 25.2. The van der Waals surface area contributed by atoms with E-state index in [4.69, 9.17) is 21.6 Å². The van der Waals surface area contributed by atoms with Crippen LogP contribution in [-0.2, 0) is 0 Å². The molecule has 0 amide bonds. The van der Waals surface area contributed by atoms with Crippen LogP contribution in [-0.4, -0.2) is 35.1 Å². The van der Waals surface area contributed by atoms with E-state index in [1.165, 1.54) is 6.20 Å². The third-order valence-electron chi connectivity index (χ3n) is 6.96. The standard InChI is InChI=1S/C22H21ClF2N6O/c23-12-5-8-30-11-17(27-18(30)9-12)14-1-2-15(14)19-28-20-16(21(32)29-19)10-26-31(20)13-3-6-22(24,25)7-4-13/h5,8-11,13-15H,1-4,6-7H2,(H,28,29,32). The van der Waals surface area contributed by atoms with Crippen molar-refractivity contribution >= 4 is 28.3 Å². The predicted molar refractivity (Wildman–Crippen MR) is 116 cm³/mol. The van der Waals surface area contributed by atoms with Crippen molar-refractivity contribution in [1.29, 1.82) is 0 Å². The van der Waals surface area contributed by atoms with Gasteiger partial charge in [0.25, 0.3) is 5.56 Å². The first-order valence-corrected chi connectivity index (χ1v) is 11.3. The van der Waals surface area contributed by atoms with Gasteiger partial charge in [-0.1, -0.05) is 11.6 Å². The van der Waals surface area contributed by atoms with E-state index in [-0.39, 0.29) is 36.3 Å². The summed E-state index contributed by atoms with van der Waals surface area (Å²) in [5, 5.41) is 5.37. The summed E-state index contributed by atoms with van der Waals surface area (Å²) in [5.74, 6) is -1.84. The summed E-state index contributed by atoms with van der Waals surface area (Å²) in [5.41, 5.74) is 1.95. The largest absolute Gasteiger partial charge is 0.310 e. The molecule has 0 saturated heterocycles. The van der Waals surface area contributed by atoms with Gasteiger partial charge in [0.1, 0.15) is 16.9 Å². The Morgan fingerprint density at radius 2 is 1.91 bits per heavy atom. The summed E-state index contributed by atoms with van der Waals surface area (Å²) in [6.07, 6.45) is 7.49. The SMILES string of the molecule is O=c1[nH]c(C2CCC2c2cn3ccc(Cl)cc3n2)nc2c1cnn2C1CCC(F)(F)CC1. The van der Waals surface area contributed by atoms with Gasteiger partial charge >= 0.3 is 0 Å². The molecule has 2 unspecified atom stereocenters. The number of nitrogens with zero attached hydrogens (tertiary/aromatic N) is 5. The fourth-order valence-electron chi connectivity index (χ4n) is 5.00. The summed E-state index contributed by atoms with van der Waals surface area (Å²) in [6.45, 7) is 0. The van der Waals surface area contributed by atoms with Gasteiger partial charge in [0.15, 0.2) is 5.65 Å². The molecule has 4 aromatic heterocycles. The molecule has 32 heavy (non-hydrogen) atoms. The van der Waals surface area contributed by atoms with Gasteiger partial charge in [-0.25, -0.2) is 23.4 Å². The number of pyridine rings is 1. The second-order valence-electron chi connectivity index (χ2n) is 8.93. The molecule has 1 N–H and O–H groups in total. The molecule has 6 rings (SSSR count). The number of halogens is 3. The van der Waals surface area contributed by atoms with Crippen LogP contribution in [0.2, 0.25) is 5.02 Å². The number of rotatable bonds is 3. The van der Waals surface area contributed by atoms with E-state index in [1.54, 1.807) is 4.68 Å². The highest BCUT2D eigenvalue weighted by molar-refractivity contribution is 6.30. The van der Waals surface area contributed by atoms with Crippen molar-refractivity contribution in [2.75, 3.05) is 0 Å². The third kappa shape index (κ3) is 3.21. The van der Waals surface area contributed by atoms with Crippen LogP contribution < -0.4 is 5.56 Å². The minimum Gasteiger partial charge on any atom is -0.310 e. The molecular formula is C22H21ClF2N6O. The molecule has 10 heteroatoms. The zero-order valence-corrected chi connectivity index (χ0v) is 17.9. The van der Waals surface area contributed by atoms with Gasteiger partial charge in [-0.2, -0.15) is 5.10 Å². The average Bonchev–Trinajstić information content (AvgIpc) is 3.31. The average molecular weight is 459 g/mol. The summed E-state index contributed by atoms with van der Waals surface area (Å²) in [6, 6.07) is 3.46. The normalized spacial score (nSPS) is 23.6. The number of aromatic nitrogens is 6. The Morgan fingerprint density at radius 1 is 1.12 bits per heavy atom. The number of nitrogens with one attached hydrogen (secondary N) is 1. The lowest BCUT2D eigenvalue weighted by Gasteiger charge is -2.34. The molecule has 0 radical (unpaired) electrons. The highest BCUT2D eigenvalue weighted by atomic mass is 35.5. The van der Waals surface area contributed by atoms with Crippen molar-refractivity contribution in [3.8, 4) is 0 Å². The first-order chi connectivity index (χ1) is 15.4. The van der Waals surface area contributed by atoms with E-state index >= 15 is 0 Å². The van der Waals surface area contributed by atoms with Crippen LogP contribution in [0.15, 0.2) is 35.5 Å². The van der Waals surface area contributed by atoms with Crippen molar-refractivity contribution in [2.24, 2.45) is 0 Å². The lowest BCUT2D eigenvalue weighted by molar-refractivity contribution is -0.0446. The molecule has 0 aliphatic heterocycles. The smallest absolute Gasteiger partial charge is 0.262 e. The summed E-state index contributed by atoms with van der Waals surface area (Å²) < 4.78 is 30.8. The molecule has 2 aliphatic carbocycles. The third-order valence-corrected chi connectivity index (χ3v) is 7.20. The van der Waals surface area contributed by atoms with Crippen molar-refractivity contribution in [3.63, 3.8) is 0 Å². The van der Waals surface area contributed by atoms with E-state index in [2.05, 4.69) is 10.1 Å². The highest BCUT2D eigenvalue weighted by Gasteiger charge is 2.39. The molecule has 2 aliphatic rings. The molecule has 2 saturated carbocycles. The van der Waals surface area contributed by atoms with Crippen molar-refractivity contribution in [1.82, 2.24) is 29.1 Å². The Balaban J connectivity index is 1.34. The van der Waals surface area contributed by atoms with Gasteiger partial charge < -0.3 is 9.38 Å². The Morgan fingerprint density at radius 3 is 2.66 bits per heavy atom. The maximum atomic E-state index is 13.6. The minimum atomic E-state index is -2.62. The first-order valence-electron chi connectivity index (χ1n) is 10.9. The number of H-pyrrole nitrogens is 1. The van der Waals surface area contributed by atoms with E-state index in [0.29, 0.717) is 34.7 Å². The molecule has 4 aromatic rings. The van der Waals surface area contributed by atoms with E-state index in [1.807, 2.05) is 28.9 Å². The van der Waals surface area contributed by atoms with Crippen LogP contribution in [0.1, 0.15) is 67.9 Å². The number of aromatic amines is 1. The van der Waals surface area contributed by atoms with E-state index in [0.717, 1.165) is 24.2 Å². The molecule has 2 atom stereocenters. The lowest BCUT2D eigenvalue weighted by Crippen LogP contribution is -2.28. The fourth-order valence-corrected chi connectivity index (χ4v) is 5.16. The van der Waals surface area contributed by atoms with Crippen molar-refractivity contribution in [3.05, 3.63) is 57.6 Å². The molecule has 7 nitrogen and oxygen atoms in total. The van der Waals surface area contributed by atoms with Gasteiger partial charge in [0.2, 0.25) is 5.92 Å². The second kappa shape index (κ2) is 7.10. The van der Waals surface area contributed by atoms with Crippen LogP contribution in [0.5, 0.6) is 0 Å². The summed E-state index contributed by atoms with van der Waals surface area (Å²) in [7, 11) is 0. The van der Waals surface area contributed by atoms with Gasteiger partial charge in [0.05, 0.1) is 17.9 Å². The maximum Gasteiger partial charge on any atom is 0.262 e. The zero-order chi connectivity index (χ0) is 22.0. The Bertz CT molecular complexity index is 1380. The number of hydrogen-bond acceptors (Lipinski definition) is 4. The molecule has 4 heterocycles. The van der Waals surface area contributed by atoms with E-state index < -0.39 is 5.92 Å². The van der Waals surface area contributed by atoms with Crippen molar-refractivity contribution in [2.45, 2.75) is 62.3 Å². The molecule has 2 fully saturated rings.